The largest absolute Gasteiger partial charge is 0.473 e. The third-order valence-electron chi connectivity index (χ3n) is 5.81. The van der Waals surface area contributed by atoms with Gasteiger partial charge in [-0.3, -0.25) is 4.79 Å². The SMILES string of the molecule is C.C.C.C.CC(C)C(=O)OC1CCC1.CC(C)NS(=O)(=O)C1CC1.CC(C)Oc1nc2ccccc2nc1-c1cccs1. The van der Waals surface area contributed by atoms with Gasteiger partial charge in [-0.25, -0.2) is 23.1 Å². The molecule has 0 atom stereocenters. The summed E-state index contributed by atoms with van der Waals surface area (Å²) >= 11 is 1.64. The summed E-state index contributed by atoms with van der Waals surface area (Å²) in [6, 6.07) is 11.9. The van der Waals surface area contributed by atoms with Gasteiger partial charge in [-0.15, -0.1) is 11.3 Å². The highest BCUT2D eigenvalue weighted by atomic mass is 32.2. The molecule has 2 aromatic heterocycles. The van der Waals surface area contributed by atoms with Gasteiger partial charge in [0, 0.05) is 6.04 Å². The van der Waals surface area contributed by atoms with Crippen LogP contribution in [0.1, 0.15) is 103 Å². The number of nitrogens with one attached hydrogen (secondary N) is 1. The summed E-state index contributed by atoms with van der Waals surface area (Å²) in [7, 11) is -2.94. The minimum atomic E-state index is -2.94. The number of nitrogens with zero attached hydrogens (tertiary/aromatic N) is 2. The normalized spacial score (nSPS) is 13.9. The molecule has 0 unspecified atom stereocenters. The number of hydrogen-bond donors (Lipinski definition) is 1. The fraction of sp³-hybridized carbons (Fsp3) is 0.606. The molecule has 10 heteroatoms. The van der Waals surface area contributed by atoms with Crippen molar-refractivity contribution in [3.05, 3.63) is 41.8 Å². The van der Waals surface area contributed by atoms with Gasteiger partial charge in [-0.2, -0.15) is 0 Å². The number of benzene rings is 1. The summed E-state index contributed by atoms with van der Waals surface area (Å²) in [4.78, 5) is 21.3. The number of sulfonamides is 1. The lowest BCUT2D eigenvalue weighted by Crippen LogP contribution is -2.32. The van der Waals surface area contributed by atoms with Gasteiger partial charge in [0.1, 0.15) is 11.8 Å². The Labute approximate surface area is 266 Å². The molecular weight excluding hydrogens is 583 g/mol. The molecule has 8 nitrogen and oxygen atoms in total. The third kappa shape index (κ3) is 13.7. The molecule has 2 heterocycles. The van der Waals surface area contributed by atoms with Gasteiger partial charge in [-0.1, -0.05) is 61.8 Å². The highest BCUT2D eigenvalue weighted by Crippen LogP contribution is 2.32. The first-order valence-corrected chi connectivity index (χ1v) is 16.1. The maximum Gasteiger partial charge on any atom is 0.308 e. The number of esters is 1. The van der Waals surface area contributed by atoms with Crippen molar-refractivity contribution < 1.29 is 22.7 Å². The van der Waals surface area contributed by atoms with E-state index in [2.05, 4.69) is 9.71 Å². The van der Waals surface area contributed by atoms with E-state index in [4.69, 9.17) is 14.5 Å². The summed E-state index contributed by atoms with van der Waals surface area (Å²) < 4.78 is 35.7. The van der Waals surface area contributed by atoms with E-state index in [0.29, 0.717) is 5.88 Å². The number of para-hydroxylation sites is 2. The van der Waals surface area contributed by atoms with E-state index in [0.717, 1.165) is 47.3 Å². The van der Waals surface area contributed by atoms with Crippen molar-refractivity contribution in [3.63, 3.8) is 0 Å². The molecule has 1 aromatic carbocycles. The van der Waals surface area contributed by atoms with E-state index in [9.17, 15) is 13.2 Å². The Hall–Kier alpha value is -2.56. The van der Waals surface area contributed by atoms with Crippen LogP contribution >= 0.6 is 11.3 Å². The summed E-state index contributed by atoms with van der Waals surface area (Å²) in [6.45, 7) is 11.4. The lowest BCUT2D eigenvalue weighted by atomic mass is 9.96. The van der Waals surface area contributed by atoms with Gasteiger partial charge in [0.25, 0.3) is 0 Å². The number of carbonyl (C=O) groups is 1. The Morgan fingerprint density at radius 1 is 0.884 bits per heavy atom. The first kappa shape index (κ1) is 42.6. The van der Waals surface area contributed by atoms with Gasteiger partial charge in [0.05, 0.1) is 33.2 Å². The van der Waals surface area contributed by atoms with Crippen LogP contribution < -0.4 is 9.46 Å². The van der Waals surface area contributed by atoms with Crippen molar-refractivity contribution in [3.8, 4) is 16.5 Å². The number of aromatic nitrogens is 2. The summed E-state index contributed by atoms with van der Waals surface area (Å²) in [5.41, 5.74) is 2.57. The Balaban J connectivity index is 0. The zero-order valence-electron chi connectivity index (χ0n) is 23.7. The van der Waals surface area contributed by atoms with Crippen molar-refractivity contribution in [1.82, 2.24) is 14.7 Å². The van der Waals surface area contributed by atoms with Gasteiger partial charge >= 0.3 is 5.97 Å². The smallest absolute Gasteiger partial charge is 0.308 e. The van der Waals surface area contributed by atoms with Crippen molar-refractivity contribution in [2.24, 2.45) is 5.92 Å². The van der Waals surface area contributed by atoms with Crippen LogP contribution in [0, 0.1) is 5.92 Å². The number of rotatable bonds is 8. The highest BCUT2D eigenvalue weighted by molar-refractivity contribution is 7.90. The van der Waals surface area contributed by atoms with E-state index in [1.165, 1.54) is 6.42 Å². The average Bonchev–Trinajstić information content (AvgIpc) is 3.57. The predicted octanol–water partition coefficient (Wildman–Crippen LogP) is 8.90. The molecule has 0 saturated heterocycles. The minimum Gasteiger partial charge on any atom is -0.473 e. The Kier molecular flexibility index (Phi) is 19.5. The zero-order chi connectivity index (χ0) is 28.6. The maximum absolute atomic E-state index is 11.1. The Morgan fingerprint density at radius 2 is 1.47 bits per heavy atom. The van der Waals surface area contributed by atoms with Gasteiger partial charge < -0.3 is 9.47 Å². The number of thiophene rings is 1. The highest BCUT2D eigenvalue weighted by Gasteiger charge is 2.35. The Bertz CT molecular complexity index is 1300. The lowest BCUT2D eigenvalue weighted by molar-refractivity contribution is -0.156. The van der Waals surface area contributed by atoms with Crippen LogP contribution in [-0.2, 0) is 19.6 Å². The zero-order valence-corrected chi connectivity index (χ0v) is 25.3. The molecule has 0 aliphatic heterocycles. The van der Waals surface area contributed by atoms with E-state index in [1.807, 2.05) is 83.3 Å². The molecule has 0 bridgehead atoms. The van der Waals surface area contributed by atoms with Gasteiger partial charge in [-0.05, 0) is 83.4 Å². The first-order valence-electron chi connectivity index (χ1n) is 13.6. The van der Waals surface area contributed by atoms with Crippen molar-refractivity contribution >= 4 is 38.4 Å². The predicted molar refractivity (Wildman–Crippen MR) is 184 cm³/mol. The average molecular weight is 640 g/mol. The second-order valence-electron chi connectivity index (χ2n) is 10.7. The second-order valence-corrected chi connectivity index (χ2v) is 13.6. The molecule has 0 spiro atoms. The van der Waals surface area contributed by atoms with Gasteiger partial charge in [0.2, 0.25) is 15.9 Å². The molecule has 0 radical (unpaired) electrons. The lowest BCUT2D eigenvalue weighted by Gasteiger charge is -2.25. The van der Waals surface area contributed by atoms with E-state index < -0.39 is 10.0 Å². The molecule has 246 valence electrons. The molecular formula is C33H57N3O5S2. The van der Waals surface area contributed by atoms with Gasteiger partial charge in [0.15, 0.2) is 0 Å². The molecule has 2 saturated carbocycles. The topological polar surface area (TPSA) is 107 Å². The van der Waals surface area contributed by atoms with Crippen LogP contribution in [0.25, 0.3) is 21.6 Å². The summed E-state index contributed by atoms with van der Waals surface area (Å²) in [5.74, 6) is 0.585. The standard InChI is InChI=1S/C15H14N2OS.C8H14O2.C6H13NO2S.4CH4/c1-10(2)18-15-14(13-8-5-9-19-13)16-11-6-3-4-7-12(11)17-15;1-6(2)8(9)10-7-4-3-5-7;1-5(2)7-10(8,9)6-3-4-6;;;;/h3-10H,1-2H3;6-7H,3-5H2,1-2H3;5-7H,3-4H2,1-2H3;4*1H4. The molecule has 0 amide bonds. The molecule has 3 aromatic rings. The van der Waals surface area contributed by atoms with Crippen LogP contribution in [0.2, 0.25) is 0 Å². The third-order valence-corrected chi connectivity index (χ3v) is 8.84. The Morgan fingerprint density at radius 3 is 1.88 bits per heavy atom. The molecule has 2 aliphatic carbocycles. The molecule has 2 aliphatic rings. The van der Waals surface area contributed by atoms with Crippen LogP contribution in [0.3, 0.4) is 0 Å². The van der Waals surface area contributed by atoms with Crippen molar-refractivity contribution in [2.45, 2.75) is 127 Å². The summed E-state index contributed by atoms with van der Waals surface area (Å²) in [6.07, 6.45) is 5.35. The van der Waals surface area contributed by atoms with E-state index in [-0.39, 0.29) is 65.1 Å². The summed E-state index contributed by atoms with van der Waals surface area (Å²) in [5, 5.41) is 1.95. The van der Waals surface area contributed by atoms with Crippen molar-refractivity contribution in [2.75, 3.05) is 0 Å². The van der Waals surface area contributed by atoms with Crippen molar-refractivity contribution in [1.29, 1.82) is 0 Å². The molecule has 2 fully saturated rings. The monoisotopic (exact) mass is 639 g/mol. The first-order chi connectivity index (χ1) is 18.5. The fourth-order valence-corrected chi connectivity index (χ4v) is 5.77. The van der Waals surface area contributed by atoms with Crippen LogP contribution in [0.15, 0.2) is 41.8 Å². The van der Waals surface area contributed by atoms with E-state index >= 15 is 0 Å². The van der Waals surface area contributed by atoms with E-state index in [1.54, 1.807) is 11.3 Å². The molecule has 43 heavy (non-hydrogen) atoms. The number of hydrogen-bond acceptors (Lipinski definition) is 8. The minimum absolute atomic E-state index is 0. The number of ether oxygens (including phenoxy) is 2. The fourth-order valence-electron chi connectivity index (χ4n) is 3.46. The molecule has 1 N–H and O–H groups in total. The maximum atomic E-state index is 11.1. The van der Waals surface area contributed by atoms with Crippen LogP contribution in [0.4, 0.5) is 0 Å². The second kappa shape index (κ2) is 19.7. The van der Waals surface area contributed by atoms with Crippen LogP contribution in [0.5, 0.6) is 5.88 Å². The van der Waals surface area contributed by atoms with Crippen LogP contribution in [-0.4, -0.2) is 47.9 Å². The number of fused-ring (bicyclic) bond motifs is 1. The number of carbonyl (C=O) groups excluding carboxylic acids is 1. The quantitative estimate of drug-likeness (QED) is 0.245. The molecule has 5 rings (SSSR count).